The molecule has 0 bridgehead atoms. The fourth-order valence-electron chi connectivity index (χ4n) is 2.50. The van der Waals surface area contributed by atoms with Crippen LogP contribution < -0.4 is 20.1 Å². The number of fused-ring (bicyclic) bond motifs is 1. The van der Waals surface area contributed by atoms with Crippen LogP contribution in [0.5, 0.6) is 11.5 Å². The second kappa shape index (κ2) is 9.51. The van der Waals surface area contributed by atoms with Crippen LogP contribution in [-0.2, 0) is 0 Å². The minimum Gasteiger partial charge on any atom is -0.490 e. The van der Waals surface area contributed by atoms with Crippen molar-refractivity contribution in [1.29, 1.82) is 0 Å². The van der Waals surface area contributed by atoms with E-state index in [-0.39, 0.29) is 0 Å². The van der Waals surface area contributed by atoms with Gasteiger partial charge in [0.1, 0.15) is 0 Å². The van der Waals surface area contributed by atoms with Crippen molar-refractivity contribution in [2.24, 2.45) is 4.99 Å². The van der Waals surface area contributed by atoms with Gasteiger partial charge in [-0.15, -0.1) is 0 Å². The van der Waals surface area contributed by atoms with Gasteiger partial charge in [0.15, 0.2) is 17.5 Å². The van der Waals surface area contributed by atoms with E-state index in [2.05, 4.69) is 15.6 Å². The highest BCUT2D eigenvalue weighted by Crippen LogP contribution is 2.32. The molecule has 0 aromatic heterocycles. The van der Waals surface area contributed by atoms with Gasteiger partial charge in [-0.1, -0.05) is 0 Å². The normalized spacial score (nSPS) is 14.9. The zero-order chi connectivity index (χ0) is 19.0. The predicted molar refractivity (Wildman–Crippen MR) is 95.2 cm³/mol. The molecule has 1 heterocycles. The summed E-state index contributed by atoms with van der Waals surface area (Å²) >= 11 is 0. The third kappa shape index (κ3) is 6.99. The molecule has 0 radical (unpaired) electrons. The molecule has 0 amide bonds. The van der Waals surface area contributed by atoms with Gasteiger partial charge in [-0.3, -0.25) is 9.89 Å². The average molecular weight is 374 g/mol. The van der Waals surface area contributed by atoms with Crippen molar-refractivity contribution in [3.8, 4) is 11.5 Å². The predicted octanol–water partition coefficient (Wildman–Crippen LogP) is 2.72. The zero-order valence-corrected chi connectivity index (χ0v) is 15.0. The third-order valence-electron chi connectivity index (χ3n) is 3.69. The summed E-state index contributed by atoms with van der Waals surface area (Å²) in [5, 5.41) is 6.22. The van der Waals surface area contributed by atoms with Crippen molar-refractivity contribution in [1.82, 2.24) is 10.2 Å². The van der Waals surface area contributed by atoms with E-state index in [0.29, 0.717) is 50.2 Å². The lowest BCUT2D eigenvalue weighted by Gasteiger charge is -2.19. The van der Waals surface area contributed by atoms with Gasteiger partial charge in [-0.25, -0.2) is 0 Å². The smallest absolute Gasteiger partial charge is 0.401 e. The Morgan fingerprint density at radius 3 is 2.65 bits per heavy atom. The van der Waals surface area contributed by atoms with Crippen molar-refractivity contribution < 1.29 is 22.6 Å². The number of nitrogens with zero attached hydrogens (tertiary/aromatic N) is 2. The Morgan fingerprint density at radius 2 is 1.96 bits per heavy atom. The number of guanidine groups is 1. The van der Waals surface area contributed by atoms with Crippen molar-refractivity contribution >= 4 is 11.6 Å². The van der Waals surface area contributed by atoms with Crippen LogP contribution in [0.2, 0.25) is 0 Å². The van der Waals surface area contributed by atoms with Crippen LogP contribution in [0.3, 0.4) is 0 Å². The summed E-state index contributed by atoms with van der Waals surface area (Å²) in [7, 11) is 3.09. The molecule has 9 heteroatoms. The number of ether oxygens (including phenoxy) is 2. The second-order valence-corrected chi connectivity index (χ2v) is 6.04. The summed E-state index contributed by atoms with van der Waals surface area (Å²) in [6.07, 6.45) is -2.77. The van der Waals surface area contributed by atoms with Gasteiger partial charge in [-0.2, -0.15) is 13.2 Å². The number of halogens is 3. The van der Waals surface area contributed by atoms with Gasteiger partial charge >= 0.3 is 6.18 Å². The molecule has 0 unspecified atom stereocenters. The quantitative estimate of drug-likeness (QED) is 0.456. The maximum absolute atomic E-state index is 12.3. The summed E-state index contributed by atoms with van der Waals surface area (Å²) in [6, 6.07) is 5.53. The van der Waals surface area contributed by atoms with Crippen LogP contribution in [0, 0.1) is 0 Å². The van der Waals surface area contributed by atoms with Crippen LogP contribution in [0.15, 0.2) is 23.2 Å². The Balaban J connectivity index is 1.78. The Hall–Kier alpha value is -2.16. The highest BCUT2D eigenvalue weighted by Gasteiger charge is 2.28. The summed E-state index contributed by atoms with van der Waals surface area (Å²) < 4.78 is 48.1. The highest BCUT2D eigenvalue weighted by molar-refractivity contribution is 5.93. The zero-order valence-electron chi connectivity index (χ0n) is 15.0. The lowest BCUT2D eigenvalue weighted by atomic mass is 10.2. The number of hydrogen-bond acceptors (Lipinski definition) is 4. The minimum absolute atomic E-state index is 0.341. The number of anilines is 1. The summed E-state index contributed by atoms with van der Waals surface area (Å²) in [5.74, 6) is 1.93. The van der Waals surface area contributed by atoms with Gasteiger partial charge < -0.3 is 20.1 Å². The first kappa shape index (κ1) is 20.2. The number of hydrogen-bond donors (Lipinski definition) is 2. The van der Waals surface area contributed by atoms with Gasteiger partial charge in [0.25, 0.3) is 0 Å². The van der Waals surface area contributed by atoms with E-state index in [1.54, 1.807) is 7.05 Å². The molecular formula is C17H25F3N4O2. The molecule has 26 heavy (non-hydrogen) atoms. The lowest BCUT2D eigenvalue weighted by molar-refractivity contribution is -0.143. The first-order valence-corrected chi connectivity index (χ1v) is 8.50. The molecule has 0 saturated carbocycles. The molecule has 6 nitrogen and oxygen atoms in total. The van der Waals surface area contributed by atoms with E-state index in [1.165, 1.54) is 11.9 Å². The number of rotatable bonds is 6. The maximum atomic E-state index is 12.3. The molecule has 0 atom stereocenters. The largest absolute Gasteiger partial charge is 0.490 e. The third-order valence-corrected chi connectivity index (χ3v) is 3.69. The van der Waals surface area contributed by atoms with E-state index >= 15 is 0 Å². The average Bonchev–Trinajstić information content (AvgIpc) is 2.80. The molecular weight excluding hydrogens is 349 g/mol. The summed E-state index contributed by atoms with van der Waals surface area (Å²) in [5.41, 5.74) is 0.788. The van der Waals surface area contributed by atoms with Crippen molar-refractivity contribution in [2.75, 3.05) is 52.3 Å². The van der Waals surface area contributed by atoms with E-state index in [1.807, 2.05) is 18.2 Å². The number of nitrogens with one attached hydrogen (secondary N) is 2. The number of aliphatic imine (C=N–C) groups is 1. The topological polar surface area (TPSA) is 58.1 Å². The van der Waals surface area contributed by atoms with E-state index in [4.69, 9.17) is 9.47 Å². The molecule has 0 spiro atoms. The first-order chi connectivity index (χ1) is 12.4. The van der Waals surface area contributed by atoms with Gasteiger partial charge in [-0.05, 0) is 32.1 Å². The molecule has 146 valence electrons. The van der Waals surface area contributed by atoms with Gasteiger partial charge in [0.05, 0.1) is 19.8 Å². The monoisotopic (exact) mass is 374 g/mol. The maximum Gasteiger partial charge on any atom is 0.401 e. The van der Waals surface area contributed by atoms with Crippen LogP contribution in [0.25, 0.3) is 0 Å². The van der Waals surface area contributed by atoms with Crippen LogP contribution in [0.4, 0.5) is 18.9 Å². The van der Waals surface area contributed by atoms with Crippen LogP contribution >= 0.6 is 0 Å². The SMILES string of the molecule is CN=C(NCCCN(C)CC(F)(F)F)Nc1ccc2c(c1)OCCCO2. The van der Waals surface area contributed by atoms with Crippen molar-refractivity contribution in [3.05, 3.63) is 18.2 Å². The van der Waals surface area contributed by atoms with Crippen LogP contribution in [0.1, 0.15) is 12.8 Å². The molecule has 1 aromatic rings. The van der Waals surface area contributed by atoms with Gasteiger partial charge in [0.2, 0.25) is 0 Å². The molecule has 0 fully saturated rings. The second-order valence-electron chi connectivity index (χ2n) is 6.04. The molecule has 1 aliphatic rings. The van der Waals surface area contributed by atoms with Crippen molar-refractivity contribution in [3.63, 3.8) is 0 Å². The molecule has 2 N–H and O–H groups in total. The standard InChI is InChI=1S/C17H25F3N4O2/c1-21-16(22-7-3-8-24(2)12-17(18,19)20)23-13-5-6-14-15(11-13)26-10-4-9-25-14/h5-6,11H,3-4,7-10,12H2,1-2H3,(H2,21,22,23). The molecule has 0 saturated heterocycles. The molecule has 2 rings (SSSR count). The van der Waals surface area contributed by atoms with E-state index < -0.39 is 12.7 Å². The van der Waals surface area contributed by atoms with E-state index in [9.17, 15) is 13.2 Å². The highest BCUT2D eigenvalue weighted by atomic mass is 19.4. The molecule has 0 aliphatic carbocycles. The van der Waals surface area contributed by atoms with E-state index in [0.717, 1.165) is 12.1 Å². The fraction of sp³-hybridized carbons (Fsp3) is 0.588. The first-order valence-electron chi connectivity index (χ1n) is 8.50. The molecule has 1 aromatic carbocycles. The Labute approximate surface area is 151 Å². The Morgan fingerprint density at radius 1 is 1.23 bits per heavy atom. The van der Waals surface area contributed by atoms with Crippen LogP contribution in [-0.4, -0.2) is 64.0 Å². The Bertz CT molecular complexity index is 608. The molecule has 1 aliphatic heterocycles. The number of alkyl halides is 3. The summed E-state index contributed by atoms with van der Waals surface area (Å²) in [6.45, 7) is 1.18. The van der Waals surface area contributed by atoms with Gasteiger partial charge in [0, 0.05) is 31.8 Å². The lowest BCUT2D eigenvalue weighted by Crippen LogP contribution is -2.35. The van der Waals surface area contributed by atoms with Crippen molar-refractivity contribution in [2.45, 2.75) is 19.0 Å². The number of benzene rings is 1. The fourth-order valence-corrected chi connectivity index (χ4v) is 2.50. The minimum atomic E-state index is -4.17. The summed E-state index contributed by atoms with van der Waals surface area (Å²) in [4.78, 5) is 5.37. The Kier molecular flexibility index (Phi) is 7.38.